The third kappa shape index (κ3) is 3.28. The fraction of sp³-hybridized carbons (Fsp3) is 0.167. The second-order valence-electron chi connectivity index (χ2n) is 5.75. The minimum atomic E-state index is -0.334. The van der Waals surface area contributed by atoms with Crippen molar-refractivity contribution in [2.45, 2.75) is 18.1 Å². The summed E-state index contributed by atoms with van der Waals surface area (Å²) >= 11 is 1.47. The molecule has 26 heavy (non-hydrogen) atoms. The third-order valence-electron chi connectivity index (χ3n) is 4.03. The van der Waals surface area contributed by atoms with E-state index in [0.717, 1.165) is 23.2 Å². The molecule has 0 saturated heterocycles. The minimum Gasteiger partial charge on any atom is -0.306 e. The highest BCUT2D eigenvalue weighted by atomic mass is 32.2. The molecule has 0 aliphatic carbocycles. The van der Waals surface area contributed by atoms with Gasteiger partial charge in [-0.25, -0.2) is 14.2 Å². The molecule has 0 bridgehead atoms. The molecule has 0 spiro atoms. The highest BCUT2D eigenvalue weighted by Gasteiger charge is 2.10. The topological polar surface area (TPSA) is 79.4 Å². The van der Waals surface area contributed by atoms with Gasteiger partial charge in [-0.2, -0.15) is 0 Å². The van der Waals surface area contributed by atoms with E-state index in [-0.39, 0.29) is 11.5 Å². The number of thioether (sulfide) groups is 1. The number of imidazole rings is 1. The number of fused-ring (bicyclic) bond motifs is 1. The van der Waals surface area contributed by atoms with Crippen LogP contribution in [0, 0.1) is 5.82 Å². The maximum absolute atomic E-state index is 13.8. The number of rotatable bonds is 6. The number of aryl methyl sites for hydroxylation is 1. The monoisotopic (exact) mass is 369 g/mol. The number of halogens is 1. The van der Waals surface area contributed by atoms with E-state index in [9.17, 15) is 9.18 Å². The number of hydrogen-bond acceptors (Lipinski definition) is 4. The van der Waals surface area contributed by atoms with Gasteiger partial charge in [-0.3, -0.25) is 9.67 Å². The first-order valence-electron chi connectivity index (χ1n) is 8.20. The zero-order valence-corrected chi connectivity index (χ0v) is 14.6. The normalized spacial score (nSPS) is 11.3. The van der Waals surface area contributed by atoms with Crippen molar-refractivity contribution in [3.05, 3.63) is 64.8 Å². The summed E-state index contributed by atoms with van der Waals surface area (Å²) in [5, 5.41) is 7.45. The van der Waals surface area contributed by atoms with E-state index in [1.165, 1.54) is 17.8 Å². The van der Waals surface area contributed by atoms with Crippen molar-refractivity contribution in [1.82, 2.24) is 24.7 Å². The van der Waals surface area contributed by atoms with Crippen molar-refractivity contribution in [2.75, 3.05) is 5.75 Å². The Bertz CT molecular complexity index is 1100. The van der Waals surface area contributed by atoms with Crippen molar-refractivity contribution >= 4 is 22.8 Å². The van der Waals surface area contributed by atoms with Crippen LogP contribution in [0.15, 0.2) is 58.5 Å². The molecule has 6 nitrogen and oxygen atoms in total. The van der Waals surface area contributed by atoms with Crippen molar-refractivity contribution in [1.29, 1.82) is 0 Å². The second kappa shape index (κ2) is 7.17. The molecule has 2 heterocycles. The van der Waals surface area contributed by atoms with Gasteiger partial charge in [-0.05, 0) is 30.7 Å². The molecule has 0 saturated carbocycles. The highest BCUT2D eigenvalue weighted by Crippen LogP contribution is 2.22. The van der Waals surface area contributed by atoms with Crippen LogP contribution in [0.1, 0.15) is 6.42 Å². The Morgan fingerprint density at radius 1 is 1.12 bits per heavy atom. The van der Waals surface area contributed by atoms with Crippen LogP contribution in [0.25, 0.3) is 22.4 Å². The predicted octanol–water partition coefficient (Wildman–Crippen LogP) is 3.44. The van der Waals surface area contributed by atoms with Crippen LogP contribution in [0.4, 0.5) is 4.39 Å². The van der Waals surface area contributed by atoms with Gasteiger partial charge < -0.3 is 4.98 Å². The predicted molar refractivity (Wildman–Crippen MR) is 99.7 cm³/mol. The molecule has 132 valence electrons. The molecule has 4 aromatic rings. The van der Waals surface area contributed by atoms with Gasteiger partial charge in [0.25, 0.3) is 0 Å². The standard InChI is InChI=1S/C18H16FN5OS/c19-13-7-2-1-6-12(13)16-21-17(23-22-16)26-11-5-10-24-15-9-4-3-8-14(15)20-18(24)25/h1-4,6-9H,5,10-11H2,(H,20,25)(H,21,22,23). The molecule has 0 unspecified atom stereocenters. The van der Waals surface area contributed by atoms with Gasteiger partial charge in [-0.1, -0.05) is 36.0 Å². The Labute approximate surface area is 152 Å². The van der Waals surface area contributed by atoms with Crippen LogP contribution in [0.3, 0.4) is 0 Å². The maximum atomic E-state index is 13.8. The fourth-order valence-electron chi connectivity index (χ4n) is 2.80. The quantitative estimate of drug-likeness (QED) is 0.403. The Kier molecular flexibility index (Phi) is 4.57. The molecule has 0 fully saturated rings. The summed E-state index contributed by atoms with van der Waals surface area (Å²) in [5.41, 5.74) is 2.05. The van der Waals surface area contributed by atoms with Crippen LogP contribution >= 0.6 is 11.8 Å². The van der Waals surface area contributed by atoms with Crippen LogP contribution in [0.5, 0.6) is 0 Å². The van der Waals surface area contributed by atoms with Crippen molar-refractivity contribution in [2.24, 2.45) is 0 Å². The lowest BCUT2D eigenvalue weighted by Gasteiger charge is -2.02. The maximum Gasteiger partial charge on any atom is 0.326 e. The summed E-state index contributed by atoms with van der Waals surface area (Å²) in [5.74, 6) is 0.831. The number of aromatic nitrogens is 5. The largest absolute Gasteiger partial charge is 0.326 e. The average Bonchev–Trinajstić information content (AvgIpc) is 3.23. The summed E-state index contributed by atoms with van der Waals surface area (Å²) in [6.45, 7) is 0.612. The molecule has 4 rings (SSSR count). The minimum absolute atomic E-state index is 0.101. The summed E-state index contributed by atoms with van der Waals surface area (Å²) in [4.78, 5) is 19.2. The van der Waals surface area contributed by atoms with E-state index in [2.05, 4.69) is 20.2 Å². The van der Waals surface area contributed by atoms with Crippen LogP contribution in [0.2, 0.25) is 0 Å². The van der Waals surface area contributed by atoms with E-state index < -0.39 is 0 Å². The summed E-state index contributed by atoms with van der Waals surface area (Å²) in [6, 6.07) is 14.1. The van der Waals surface area contributed by atoms with Gasteiger partial charge in [0.15, 0.2) is 5.82 Å². The molecule has 0 aliphatic heterocycles. The molecular formula is C18H16FN5OS. The SMILES string of the molecule is O=c1[nH]c2ccccc2n1CCCSc1n[nH]c(-c2ccccc2F)n1. The van der Waals surface area contributed by atoms with Crippen molar-refractivity contribution < 1.29 is 4.39 Å². The van der Waals surface area contributed by atoms with Gasteiger partial charge in [0.1, 0.15) is 5.82 Å². The number of para-hydroxylation sites is 2. The average molecular weight is 369 g/mol. The van der Waals surface area contributed by atoms with Gasteiger partial charge in [-0.15, -0.1) is 5.10 Å². The molecule has 2 aromatic heterocycles. The zero-order valence-electron chi connectivity index (χ0n) is 13.8. The Balaban J connectivity index is 1.38. The fourth-order valence-corrected chi connectivity index (χ4v) is 3.52. The lowest BCUT2D eigenvalue weighted by atomic mass is 10.2. The molecule has 0 radical (unpaired) electrons. The molecule has 0 aliphatic rings. The van der Waals surface area contributed by atoms with E-state index in [4.69, 9.17) is 0 Å². The summed E-state index contributed by atoms with van der Waals surface area (Å²) in [7, 11) is 0. The molecule has 0 amide bonds. The summed E-state index contributed by atoms with van der Waals surface area (Å²) < 4.78 is 15.5. The first kappa shape index (κ1) is 16.6. The van der Waals surface area contributed by atoms with E-state index >= 15 is 0 Å². The number of H-pyrrole nitrogens is 2. The van der Waals surface area contributed by atoms with E-state index in [1.807, 2.05) is 24.3 Å². The Hall–Kier alpha value is -2.87. The van der Waals surface area contributed by atoms with Gasteiger partial charge in [0, 0.05) is 12.3 Å². The zero-order chi connectivity index (χ0) is 17.9. The lowest BCUT2D eigenvalue weighted by molar-refractivity contribution is 0.630. The number of benzene rings is 2. The molecule has 2 aromatic carbocycles. The molecular weight excluding hydrogens is 353 g/mol. The Morgan fingerprint density at radius 2 is 1.92 bits per heavy atom. The number of nitrogens with zero attached hydrogens (tertiary/aromatic N) is 3. The van der Waals surface area contributed by atoms with E-state index in [1.54, 1.807) is 22.8 Å². The number of aromatic amines is 2. The van der Waals surface area contributed by atoms with E-state index in [0.29, 0.717) is 23.1 Å². The molecule has 8 heteroatoms. The molecule has 2 N–H and O–H groups in total. The smallest absolute Gasteiger partial charge is 0.306 e. The van der Waals surface area contributed by atoms with Gasteiger partial charge in [0.2, 0.25) is 5.16 Å². The number of hydrogen-bond donors (Lipinski definition) is 2. The van der Waals surface area contributed by atoms with Crippen LogP contribution in [-0.2, 0) is 6.54 Å². The molecule has 0 atom stereocenters. The third-order valence-corrected chi connectivity index (χ3v) is 4.97. The van der Waals surface area contributed by atoms with Crippen LogP contribution in [-0.4, -0.2) is 30.5 Å². The van der Waals surface area contributed by atoms with Crippen molar-refractivity contribution in [3.8, 4) is 11.4 Å². The van der Waals surface area contributed by atoms with Crippen molar-refractivity contribution in [3.63, 3.8) is 0 Å². The summed E-state index contributed by atoms with van der Waals surface area (Å²) in [6.07, 6.45) is 0.788. The first-order chi connectivity index (χ1) is 12.7. The highest BCUT2D eigenvalue weighted by molar-refractivity contribution is 7.99. The second-order valence-corrected chi connectivity index (χ2v) is 6.81. The Morgan fingerprint density at radius 3 is 2.81 bits per heavy atom. The first-order valence-corrected chi connectivity index (χ1v) is 9.18. The van der Waals surface area contributed by atoms with Crippen LogP contribution < -0.4 is 5.69 Å². The number of nitrogens with one attached hydrogen (secondary N) is 2. The lowest BCUT2D eigenvalue weighted by Crippen LogP contribution is -2.17. The van der Waals surface area contributed by atoms with Gasteiger partial charge in [0.05, 0.1) is 16.6 Å². The van der Waals surface area contributed by atoms with Gasteiger partial charge >= 0.3 is 5.69 Å².